The van der Waals surface area contributed by atoms with Crippen LogP contribution in [-0.4, -0.2) is 50.5 Å². The number of amides is 1. The topological polar surface area (TPSA) is 111 Å². The summed E-state index contributed by atoms with van der Waals surface area (Å²) in [7, 11) is 1.68. The minimum absolute atomic E-state index is 0.118. The normalized spacial score (nSPS) is 12.9. The number of halogens is 1. The average molecular weight is 520 g/mol. The third-order valence-electron chi connectivity index (χ3n) is 6.33. The molecule has 2 heterocycles. The zero-order valence-electron chi connectivity index (χ0n) is 20.8. The summed E-state index contributed by atoms with van der Waals surface area (Å²) in [4.78, 5) is 38.0. The fourth-order valence-electron chi connectivity index (χ4n) is 4.22. The van der Waals surface area contributed by atoms with Crippen LogP contribution >= 0.6 is 11.6 Å². The number of nitrogens with zero attached hydrogens (tertiary/aromatic N) is 3. The van der Waals surface area contributed by atoms with Crippen molar-refractivity contribution >= 4 is 28.4 Å². The number of hydrogen-bond acceptors (Lipinski definition) is 6. The van der Waals surface area contributed by atoms with Gasteiger partial charge < -0.3 is 20.3 Å². The van der Waals surface area contributed by atoms with Gasteiger partial charge in [-0.25, -0.2) is 9.97 Å². The number of fused-ring (bicyclic) bond motifs is 1. The van der Waals surface area contributed by atoms with E-state index in [1.807, 2.05) is 25.1 Å². The van der Waals surface area contributed by atoms with Gasteiger partial charge in [0, 0.05) is 30.4 Å². The molecule has 8 nitrogen and oxygen atoms in total. The third kappa shape index (κ3) is 6.60. The summed E-state index contributed by atoms with van der Waals surface area (Å²) < 4.78 is 0. The highest BCUT2D eigenvalue weighted by Crippen LogP contribution is 2.19. The van der Waals surface area contributed by atoms with Crippen molar-refractivity contribution in [3.63, 3.8) is 0 Å². The van der Waals surface area contributed by atoms with Crippen LogP contribution in [0.4, 0.5) is 0 Å². The van der Waals surface area contributed by atoms with Crippen molar-refractivity contribution in [3.8, 4) is 0 Å². The maximum atomic E-state index is 12.9. The summed E-state index contributed by atoms with van der Waals surface area (Å²) >= 11 is 5.84. The number of carbonyl (C=O) groups excluding carboxylic acids is 1. The number of aliphatic hydroxyl groups excluding tert-OH is 1. The molecule has 0 saturated carbocycles. The number of para-hydroxylation sites is 1. The Kier molecular flexibility index (Phi) is 8.66. The Morgan fingerprint density at radius 3 is 2.59 bits per heavy atom. The molecule has 2 aromatic heterocycles. The van der Waals surface area contributed by atoms with Crippen LogP contribution in [0.5, 0.6) is 0 Å². The van der Waals surface area contributed by atoms with Crippen molar-refractivity contribution in [1.82, 2.24) is 25.2 Å². The minimum Gasteiger partial charge on any atom is -0.387 e. The average Bonchev–Trinajstić information content (AvgIpc) is 2.91. The van der Waals surface area contributed by atoms with Crippen molar-refractivity contribution in [3.05, 3.63) is 105 Å². The molecule has 4 rings (SSSR count). The van der Waals surface area contributed by atoms with Crippen molar-refractivity contribution in [2.75, 3.05) is 13.6 Å². The molecule has 0 radical (unpaired) electrons. The summed E-state index contributed by atoms with van der Waals surface area (Å²) in [6.45, 7) is 2.88. The van der Waals surface area contributed by atoms with Crippen LogP contribution in [0.2, 0.25) is 5.15 Å². The van der Waals surface area contributed by atoms with E-state index >= 15 is 0 Å². The van der Waals surface area contributed by atoms with E-state index in [-0.39, 0.29) is 24.1 Å². The van der Waals surface area contributed by atoms with Crippen LogP contribution in [0.25, 0.3) is 10.9 Å². The highest BCUT2D eigenvalue weighted by Gasteiger charge is 2.19. The SMILES string of the molecule is CCC(NCCc1ccc(C(=O)N(C)Cc2nc3ccccc3c(=O)[nH]2)cc1)C(O)c1ccc(Cl)nc1. The monoisotopic (exact) mass is 519 g/mol. The first kappa shape index (κ1) is 26.5. The van der Waals surface area contributed by atoms with E-state index in [2.05, 4.69) is 20.3 Å². The second-order valence-corrected chi connectivity index (χ2v) is 9.35. The van der Waals surface area contributed by atoms with E-state index in [1.165, 1.54) is 4.90 Å². The molecule has 37 heavy (non-hydrogen) atoms. The van der Waals surface area contributed by atoms with Crippen molar-refractivity contribution in [1.29, 1.82) is 0 Å². The second-order valence-electron chi connectivity index (χ2n) is 8.97. The molecule has 192 valence electrons. The lowest BCUT2D eigenvalue weighted by atomic mass is 10.0. The zero-order valence-corrected chi connectivity index (χ0v) is 21.6. The molecule has 0 aliphatic rings. The van der Waals surface area contributed by atoms with Gasteiger partial charge in [0.2, 0.25) is 0 Å². The lowest BCUT2D eigenvalue weighted by molar-refractivity contribution is 0.0781. The number of carbonyl (C=O) groups is 1. The highest BCUT2D eigenvalue weighted by molar-refractivity contribution is 6.29. The van der Waals surface area contributed by atoms with Gasteiger partial charge in [-0.3, -0.25) is 9.59 Å². The summed E-state index contributed by atoms with van der Waals surface area (Å²) in [5.41, 5.74) is 2.73. The molecule has 0 spiro atoms. The highest BCUT2D eigenvalue weighted by atomic mass is 35.5. The molecule has 2 unspecified atom stereocenters. The molecule has 0 bridgehead atoms. The largest absolute Gasteiger partial charge is 0.387 e. The van der Waals surface area contributed by atoms with Crippen LogP contribution in [0.3, 0.4) is 0 Å². The Bertz CT molecular complexity index is 1410. The maximum Gasteiger partial charge on any atom is 0.258 e. The van der Waals surface area contributed by atoms with Crippen molar-refractivity contribution in [2.45, 2.75) is 38.5 Å². The van der Waals surface area contributed by atoms with E-state index in [0.717, 1.165) is 24.0 Å². The maximum absolute atomic E-state index is 12.9. The first-order valence-electron chi connectivity index (χ1n) is 12.2. The number of hydrogen-bond donors (Lipinski definition) is 3. The number of pyridine rings is 1. The zero-order chi connectivity index (χ0) is 26.4. The van der Waals surface area contributed by atoms with Gasteiger partial charge in [0.25, 0.3) is 11.5 Å². The number of rotatable bonds is 10. The van der Waals surface area contributed by atoms with E-state index in [0.29, 0.717) is 34.0 Å². The number of aromatic amines is 1. The molecule has 2 atom stereocenters. The van der Waals surface area contributed by atoms with E-state index < -0.39 is 6.10 Å². The van der Waals surface area contributed by atoms with Gasteiger partial charge in [0.05, 0.1) is 23.6 Å². The molecule has 1 amide bonds. The molecular weight excluding hydrogens is 490 g/mol. The molecule has 3 N–H and O–H groups in total. The lowest BCUT2D eigenvalue weighted by Gasteiger charge is -2.23. The summed E-state index contributed by atoms with van der Waals surface area (Å²) in [6, 6.07) is 17.9. The Morgan fingerprint density at radius 2 is 1.89 bits per heavy atom. The fourth-order valence-corrected chi connectivity index (χ4v) is 4.33. The molecule has 9 heteroatoms. The van der Waals surface area contributed by atoms with Crippen LogP contribution in [0.1, 0.15) is 46.8 Å². The van der Waals surface area contributed by atoms with Crippen LogP contribution in [-0.2, 0) is 13.0 Å². The number of H-pyrrole nitrogens is 1. The van der Waals surface area contributed by atoms with Crippen molar-refractivity contribution < 1.29 is 9.90 Å². The molecule has 0 saturated heterocycles. The molecular formula is C28H30ClN5O3. The molecule has 2 aromatic carbocycles. The minimum atomic E-state index is -0.683. The fraction of sp³-hybridized carbons (Fsp3) is 0.286. The summed E-state index contributed by atoms with van der Waals surface area (Å²) in [6.07, 6.45) is 2.41. The number of nitrogens with one attached hydrogen (secondary N) is 2. The molecule has 4 aromatic rings. The molecule has 0 aliphatic carbocycles. The first-order chi connectivity index (χ1) is 17.9. The first-order valence-corrected chi connectivity index (χ1v) is 12.6. The predicted octanol–water partition coefficient (Wildman–Crippen LogP) is 3.89. The van der Waals surface area contributed by atoms with Gasteiger partial charge in [-0.15, -0.1) is 0 Å². The standard InChI is InChI=1S/C28H30ClN5O3/c1-3-22(26(35)20-12-13-24(29)31-16-20)30-15-14-18-8-10-19(11-9-18)28(37)34(2)17-25-32-23-7-5-4-6-21(23)27(36)33-25/h4-13,16,22,26,30,35H,3,14-15,17H2,1-2H3,(H,32,33,36). The van der Waals surface area contributed by atoms with Crippen LogP contribution in [0, 0.1) is 0 Å². The van der Waals surface area contributed by atoms with Crippen LogP contribution in [0.15, 0.2) is 71.7 Å². The van der Waals surface area contributed by atoms with Crippen LogP contribution < -0.4 is 10.9 Å². The summed E-state index contributed by atoms with van der Waals surface area (Å²) in [5.74, 6) is 0.274. The van der Waals surface area contributed by atoms with Gasteiger partial charge in [-0.05, 0) is 55.3 Å². The van der Waals surface area contributed by atoms with E-state index in [1.54, 1.807) is 55.7 Å². The Balaban J connectivity index is 1.31. The number of benzene rings is 2. The number of aromatic nitrogens is 3. The van der Waals surface area contributed by atoms with Gasteiger partial charge in [0.15, 0.2) is 0 Å². The van der Waals surface area contributed by atoms with Gasteiger partial charge in [-0.1, -0.05) is 48.9 Å². The smallest absolute Gasteiger partial charge is 0.258 e. The van der Waals surface area contributed by atoms with Gasteiger partial charge in [0.1, 0.15) is 11.0 Å². The molecule has 0 fully saturated rings. The third-order valence-corrected chi connectivity index (χ3v) is 6.55. The quantitative estimate of drug-likeness (QED) is 0.274. The second kappa shape index (κ2) is 12.1. The van der Waals surface area contributed by atoms with E-state index in [9.17, 15) is 14.7 Å². The van der Waals surface area contributed by atoms with E-state index in [4.69, 9.17) is 11.6 Å². The number of aliphatic hydroxyl groups is 1. The predicted molar refractivity (Wildman–Crippen MR) is 145 cm³/mol. The Hall–Kier alpha value is -3.59. The van der Waals surface area contributed by atoms with Gasteiger partial charge >= 0.3 is 0 Å². The Labute approximate surface area is 220 Å². The Morgan fingerprint density at radius 1 is 1.14 bits per heavy atom. The summed E-state index contributed by atoms with van der Waals surface area (Å²) in [5, 5.41) is 15.0. The van der Waals surface area contributed by atoms with Crippen molar-refractivity contribution in [2.24, 2.45) is 0 Å². The molecule has 0 aliphatic heterocycles. The lowest BCUT2D eigenvalue weighted by Crippen LogP contribution is -2.35. The van der Waals surface area contributed by atoms with Gasteiger partial charge in [-0.2, -0.15) is 0 Å².